The van der Waals surface area contributed by atoms with Crippen LogP contribution in [-0.4, -0.2) is 16.5 Å². The molecule has 1 aliphatic carbocycles. The number of rotatable bonds is 5. The predicted molar refractivity (Wildman–Crippen MR) is 75.6 cm³/mol. The van der Waals surface area contributed by atoms with E-state index in [2.05, 4.69) is 27.6 Å². The molecule has 0 bridgehead atoms. The van der Waals surface area contributed by atoms with Gasteiger partial charge in [-0.3, -0.25) is 5.43 Å². The third-order valence-corrected chi connectivity index (χ3v) is 4.28. The lowest BCUT2D eigenvalue weighted by atomic mass is 10.1. The number of nitrogen functional groups attached to an aromatic ring is 1. The van der Waals surface area contributed by atoms with Crippen LogP contribution in [0.3, 0.4) is 0 Å². The van der Waals surface area contributed by atoms with Crippen LogP contribution < -0.4 is 16.6 Å². The maximum Gasteiger partial charge on any atom is 0.240 e. The standard InChI is InChI=1S/C12H17N5S/c1-7(8-2-3-8)6-14-10-9-4-5-18-11(9)16-12(15-10)17-13/h4-5,7-8H,2-3,6,13H2,1H3,(H2,14,15,16,17). The summed E-state index contributed by atoms with van der Waals surface area (Å²) in [5.74, 6) is 8.33. The molecule has 1 saturated carbocycles. The van der Waals surface area contributed by atoms with Crippen molar-refractivity contribution in [2.75, 3.05) is 17.3 Å². The minimum atomic E-state index is 0.464. The molecule has 0 saturated heterocycles. The molecular weight excluding hydrogens is 246 g/mol. The first-order chi connectivity index (χ1) is 8.78. The Balaban J connectivity index is 1.82. The Bertz CT molecular complexity index is 548. The van der Waals surface area contributed by atoms with E-state index >= 15 is 0 Å². The minimum absolute atomic E-state index is 0.464. The molecule has 1 atom stereocenters. The summed E-state index contributed by atoms with van der Waals surface area (Å²) in [6.07, 6.45) is 2.74. The summed E-state index contributed by atoms with van der Waals surface area (Å²) in [6.45, 7) is 3.25. The molecule has 3 rings (SSSR count). The number of hydrogen-bond donors (Lipinski definition) is 3. The van der Waals surface area contributed by atoms with Gasteiger partial charge in [-0.2, -0.15) is 4.98 Å². The molecule has 2 heterocycles. The van der Waals surface area contributed by atoms with Crippen molar-refractivity contribution in [2.45, 2.75) is 19.8 Å². The first kappa shape index (κ1) is 11.7. The SMILES string of the molecule is CC(CNc1nc(NN)nc2sccc12)C1CC1. The molecule has 0 amide bonds. The molecule has 6 heteroatoms. The Morgan fingerprint density at radius 2 is 2.33 bits per heavy atom. The third kappa shape index (κ3) is 2.26. The Morgan fingerprint density at radius 3 is 3.06 bits per heavy atom. The lowest BCUT2D eigenvalue weighted by molar-refractivity contribution is 0.536. The highest BCUT2D eigenvalue weighted by Gasteiger charge is 2.27. The fraction of sp³-hybridized carbons (Fsp3) is 0.500. The van der Waals surface area contributed by atoms with Crippen LogP contribution in [0.5, 0.6) is 0 Å². The van der Waals surface area contributed by atoms with Crippen molar-refractivity contribution in [3.63, 3.8) is 0 Å². The Morgan fingerprint density at radius 1 is 1.50 bits per heavy atom. The average molecular weight is 263 g/mol. The number of nitrogens with two attached hydrogens (primary N) is 1. The zero-order valence-electron chi connectivity index (χ0n) is 10.3. The van der Waals surface area contributed by atoms with E-state index in [0.29, 0.717) is 11.9 Å². The Hall–Kier alpha value is -1.40. The smallest absolute Gasteiger partial charge is 0.240 e. The summed E-state index contributed by atoms with van der Waals surface area (Å²) in [4.78, 5) is 9.67. The van der Waals surface area contributed by atoms with Crippen molar-refractivity contribution in [1.29, 1.82) is 0 Å². The number of hydrogen-bond acceptors (Lipinski definition) is 6. The predicted octanol–water partition coefficient (Wildman–Crippen LogP) is 2.43. The molecule has 96 valence electrons. The van der Waals surface area contributed by atoms with Gasteiger partial charge in [0, 0.05) is 6.54 Å². The van der Waals surface area contributed by atoms with Crippen molar-refractivity contribution < 1.29 is 0 Å². The van der Waals surface area contributed by atoms with Crippen molar-refractivity contribution in [1.82, 2.24) is 9.97 Å². The van der Waals surface area contributed by atoms with Gasteiger partial charge in [-0.1, -0.05) is 6.92 Å². The number of thiophene rings is 1. The van der Waals surface area contributed by atoms with Crippen LogP contribution in [0.15, 0.2) is 11.4 Å². The third-order valence-electron chi connectivity index (χ3n) is 3.47. The molecule has 0 radical (unpaired) electrons. The van der Waals surface area contributed by atoms with Crippen LogP contribution in [0.2, 0.25) is 0 Å². The van der Waals surface area contributed by atoms with Crippen molar-refractivity contribution in [3.8, 4) is 0 Å². The van der Waals surface area contributed by atoms with E-state index in [1.807, 2.05) is 11.4 Å². The van der Waals surface area contributed by atoms with Gasteiger partial charge in [0.25, 0.3) is 0 Å². The second-order valence-corrected chi connectivity index (χ2v) is 5.77. The van der Waals surface area contributed by atoms with Crippen LogP contribution in [0.4, 0.5) is 11.8 Å². The Labute approximate surface area is 110 Å². The summed E-state index contributed by atoms with van der Waals surface area (Å²) >= 11 is 1.60. The van der Waals surface area contributed by atoms with E-state index in [1.54, 1.807) is 11.3 Å². The largest absolute Gasteiger partial charge is 0.369 e. The van der Waals surface area contributed by atoms with Crippen molar-refractivity contribution in [2.24, 2.45) is 17.7 Å². The zero-order valence-corrected chi connectivity index (χ0v) is 11.1. The molecular formula is C12H17N5S. The maximum absolute atomic E-state index is 5.39. The van der Waals surface area contributed by atoms with Crippen LogP contribution in [-0.2, 0) is 0 Å². The van der Waals surface area contributed by atoms with Gasteiger partial charge >= 0.3 is 0 Å². The first-order valence-electron chi connectivity index (χ1n) is 6.23. The van der Waals surface area contributed by atoms with Crippen LogP contribution in [0.25, 0.3) is 10.2 Å². The van der Waals surface area contributed by atoms with E-state index in [-0.39, 0.29) is 0 Å². The highest BCUT2D eigenvalue weighted by atomic mass is 32.1. The van der Waals surface area contributed by atoms with Gasteiger partial charge in [0.2, 0.25) is 5.95 Å². The molecule has 1 aliphatic rings. The lowest BCUT2D eigenvalue weighted by Crippen LogP contribution is -2.16. The highest BCUT2D eigenvalue weighted by molar-refractivity contribution is 7.16. The number of nitrogens with one attached hydrogen (secondary N) is 2. The fourth-order valence-corrected chi connectivity index (χ4v) is 2.91. The quantitative estimate of drug-likeness (QED) is 0.570. The van der Waals surface area contributed by atoms with Crippen molar-refractivity contribution in [3.05, 3.63) is 11.4 Å². The summed E-state index contributed by atoms with van der Waals surface area (Å²) in [5, 5.41) is 6.52. The van der Waals surface area contributed by atoms with E-state index < -0.39 is 0 Å². The van der Waals surface area contributed by atoms with Gasteiger partial charge in [-0.15, -0.1) is 11.3 Å². The Kier molecular flexibility index (Phi) is 3.05. The second-order valence-electron chi connectivity index (χ2n) is 4.88. The summed E-state index contributed by atoms with van der Waals surface area (Å²) in [5.41, 5.74) is 2.52. The number of hydrazine groups is 1. The van der Waals surface area contributed by atoms with E-state index in [9.17, 15) is 0 Å². The number of nitrogens with zero attached hydrogens (tertiary/aromatic N) is 2. The van der Waals surface area contributed by atoms with Gasteiger partial charge in [-0.25, -0.2) is 10.8 Å². The number of aromatic nitrogens is 2. The molecule has 0 aliphatic heterocycles. The van der Waals surface area contributed by atoms with Gasteiger partial charge in [-0.05, 0) is 36.1 Å². The normalized spacial score (nSPS) is 16.8. The van der Waals surface area contributed by atoms with Gasteiger partial charge < -0.3 is 5.32 Å². The summed E-state index contributed by atoms with van der Waals surface area (Å²) in [6, 6.07) is 2.05. The number of anilines is 2. The molecule has 1 unspecified atom stereocenters. The maximum atomic E-state index is 5.39. The zero-order chi connectivity index (χ0) is 12.5. The lowest BCUT2D eigenvalue weighted by Gasteiger charge is -2.13. The topological polar surface area (TPSA) is 75.9 Å². The molecule has 4 N–H and O–H groups in total. The first-order valence-corrected chi connectivity index (χ1v) is 7.11. The van der Waals surface area contributed by atoms with Crippen LogP contribution in [0.1, 0.15) is 19.8 Å². The van der Waals surface area contributed by atoms with E-state index in [4.69, 9.17) is 5.84 Å². The van der Waals surface area contributed by atoms with Gasteiger partial charge in [0.15, 0.2) is 0 Å². The monoisotopic (exact) mass is 263 g/mol. The molecule has 2 aromatic heterocycles. The molecule has 1 fully saturated rings. The molecule has 18 heavy (non-hydrogen) atoms. The fourth-order valence-electron chi connectivity index (χ4n) is 2.14. The minimum Gasteiger partial charge on any atom is -0.369 e. The molecule has 0 spiro atoms. The second kappa shape index (κ2) is 4.70. The highest BCUT2D eigenvalue weighted by Crippen LogP contribution is 2.36. The summed E-state index contributed by atoms with van der Waals surface area (Å²) in [7, 11) is 0. The van der Waals surface area contributed by atoms with E-state index in [1.165, 1.54) is 12.8 Å². The summed E-state index contributed by atoms with van der Waals surface area (Å²) < 4.78 is 0. The van der Waals surface area contributed by atoms with E-state index in [0.717, 1.165) is 28.5 Å². The molecule has 5 nitrogen and oxygen atoms in total. The average Bonchev–Trinajstić information content (AvgIpc) is 3.13. The van der Waals surface area contributed by atoms with Gasteiger partial charge in [0.1, 0.15) is 10.6 Å². The van der Waals surface area contributed by atoms with Crippen LogP contribution in [0, 0.1) is 11.8 Å². The van der Waals surface area contributed by atoms with Crippen LogP contribution >= 0.6 is 11.3 Å². The molecule has 0 aromatic carbocycles. The number of fused-ring (bicyclic) bond motifs is 1. The van der Waals surface area contributed by atoms with Crippen molar-refractivity contribution >= 4 is 33.3 Å². The molecule has 2 aromatic rings. The van der Waals surface area contributed by atoms with Gasteiger partial charge in [0.05, 0.1) is 5.39 Å².